The number of methoxy groups -OCH3 is 2. The number of hydrogen-bond acceptors (Lipinski definition) is 5. The molecule has 19 heavy (non-hydrogen) atoms. The maximum Gasteiger partial charge on any atom is 0.224 e. The molecular weight excluding hydrogens is 266 g/mol. The zero-order chi connectivity index (χ0) is 13.8. The van der Waals surface area contributed by atoms with Gasteiger partial charge in [0.25, 0.3) is 0 Å². The van der Waals surface area contributed by atoms with Crippen LogP contribution in [0.3, 0.4) is 0 Å². The van der Waals surface area contributed by atoms with E-state index >= 15 is 0 Å². The number of aryl methyl sites for hydroxylation is 1. The molecule has 0 aliphatic heterocycles. The van der Waals surface area contributed by atoms with Gasteiger partial charge >= 0.3 is 0 Å². The van der Waals surface area contributed by atoms with Crippen molar-refractivity contribution in [2.75, 3.05) is 19.5 Å². The quantitative estimate of drug-likeness (QED) is 0.871. The molecule has 1 heterocycles. The first-order chi connectivity index (χ1) is 9.12. The fourth-order valence-corrected chi connectivity index (χ4v) is 1.87. The highest BCUT2D eigenvalue weighted by Gasteiger charge is 2.07. The van der Waals surface area contributed by atoms with Crippen LogP contribution in [0.4, 0.5) is 11.5 Å². The monoisotopic (exact) mass is 279 g/mol. The molecule has 0 aliphatic rings. The third-order valence-electron chi connectivity index (χ3n) is 2.50. The average molecular weight is 280 g/mol. The molecule has 0 unspecified atom stereocenters. The van der Waals surface area contributed by atoms with Gasteiger partial charge in [-0.3, -0.25) is 0 Å². The third-order valence-corrected chi connectivity index (χ3v) is 2.67. The molecule has 0 saturated heterocycles. The summed E-state index contributed by atoms with van der Waals surface area (Å²) in [6, 6.07) is 7.26. The van der Waals surface area contributed by atoms with E-state index in [4.69, 9.17) is 21.1 Å². The van der Waals surface area contributed by atoms with E-state index in [1.54, 1.807) is 20.3 Å². The van der Waals surface area contributed by atoms with Gasteiger partial charge in [-0.2, -0.15) is 0 Å². The number of hydrogen-bond donors (Lipinski definition) is 1. The second-order valence-electron chi connectivity index (χ2n) is 3.85. The minimum atomic E-state index is 0.198. The molecule has 1 aromatic heterocycles. The number of rotatable bonds is 4. The number of nitrogens with one attached hydrogen (secondary N) is 1. The average Bonchev–Trinajstić information content (AvgIpc) is 2.37. The predicted molar refractivity (Wildman–Crippen MR) is 74.6 cm³/mol. The molecule has 0 aliphatic carbocycles. The van der Waals surface area contributed by atoms with E-state index in [0.717, 1.165) is 17.1 Å². The lowest BCUT2D eigenvalue weighted by Crippen LogP contribution is -1.99. The minimum absolute atomic E-state index is 0.198. The summed E-state index contributed by atoms with van der Waals surface area (Å²) in [5, 5.41) is 3.34. The summed E-state index contributed by atoms with van der Waals surface area (Å²) in [4.78, 5) is 8.12. The molecule has 2 rings (SSSR count). The normalized spacial score (nSPS) is 10.1. The van der Waals surface area contributed by atoms with Crippen molar-refractivity contribution < 1.29 is 9.47 Å². The first kappa shape index (κ1) is 13.4. The van der Waals surface area contributed by atoms with Crippen LogP contribution in [0.15, 0.2) is 24.3 Å². The second kappa shape index (κ2) is 5.75. The van der Waals surface area contributed by atoms with Crippen LogP contribution in [0.5, 0.6) is 11.5 Å². The summed E-state index contributed by atoms with van der Waals surface area (Å²) in [7, 11) is 3.21. The zero-order valence-corrected chi connectivity index (χ0v) is 11.7. The van der Waals surface area contributed by atoms with Crippen molar-refractivity contribution in [2.45, 2.75) is 6.92 Å². The molecule has 6 heteroatoms. The van der Waals surface area contributed by atoms with E-state index in [9.17, 15) is 0 Å². The molecule has 1 N–H and O–H groups in total. The van der Waals surface area contributed by atoms with Crippen LogP contribution in [0.25, 0.3) is 0 Å². The summed E-state index contributed by atoms with van der Waals surface area (Å²) in [5.74, 6) is 2.01. The topological polar surface area (TPSA) is 56.3 Å². The van der Waals surface area contributed by atoms with E-state index in [0.29, 0.717) is 11.6 Å². The summed E-state index contributed by atoms with van der Waals surface area (Å²) >= 11 is 5.83. The Kier molecular flexibility index (Phi) is 4.06. The van der Waals surface area contributed by atoms with Crippen molar-refractivity contribution in [3.05, 3.63) is 35.2 Å². The number of aromatic nitrogens is 2. The molecule has 100 valence electrons. The highest BCUT2D eigenvalue weighted by Crippen LogP contribution is 2.31. The largest absolute Gasteiger partial charge is 0.497 e. The van der Waals surface area contributed by atoms with E-state index in [1.807, 2.05) is 25.1 Å². The van der Waals surface area contributed by atoms with Gasteiger partial charge in [0.15, 0.2) is 0 Å². The van der Waals surface area contributed by atoms with Crippen LogP contribution < -0.4 is 14.8 Å². The van der Waals surface area contributed by atoms with Gasteiger partial charge in [0, 0.05) is 17.8 Å². The summed E-state index contributed by atoms with van der Waals surface area (Å²) in [6.45, 7) is 1.85. The highest BCUT2D eigenvalue weighted by molar-refractivity contribution is 6.28. The maximum atomic E-state index is 5.83. The number of benzene rings is 1. The van der Waals surface area contributed by atoms with Crippen molar-refractivity contribution in [3.8, 4) is 11.5 Å². The van der Waals surface area contributed by atoms with Crippen molar-refractivity contribution in [1.29, 1.82) is 0 Å². The fourth-order valence-electron chi connectivity index (χ4n) is 1.65. The van der Waals surface area contributed by atoms with Gasteiger partial charge < -0.3 is 14.8 Å². The van der Waals surface area contributed by atoms with Crippen molar-refractivity contribution in [3.63, 3.8) is 0 Å². The minimum Gasteiger partial charge on any atom is -0.497 e. The molecule has 0 bridgehead atoms. The summed E-state index contributed by atoms with van der Waals surface area (Å²) < 4.78 is 10.5. The summed E-state index contributed by atoms with van der Waals surface area (Å²) in [6.07, 6.45) is 0. The SMILES string of the molecule is COc1ccc(OC)c(Nc2cc(C)nc(Cl)n2)c1. The van der Waals surface area contributed by atoms with Crippen LogP contribution in [-0.4, -0.2) is 24.2 Å². The van der Waals surface area contributed by atoms with Crippen LogP contribution in [0.1, 0.15) is 5.69 Å². The molecule has 1 aromatic carbocycles. The molecule has 5 nitrogen and oxygen atoms in total. The lowest BCUT2D eigenvalue weighted by Gasteiger charge is -2.12. The van der Waals surface area contributed by atoms with Crippen LogP contribution in [0.2, 0.25) is 5.28 Å². The first-order valence-electron chi connectivity index (χ1n) is 5.62. The van der Waals surface area contributed by atoms with Crippen molar-refractivity contribution in [2.24, 2.45) is 0 Å². The first-order valence-corrected chi connectivity index (χ1v) is 6.00. The molecule has 0 spiro atoms. The fraction of sp³-hybridized carbons (Fsp3) is 0.231. The van der Waals surface area contributed by atoms with Gasteiger partial charge in [-0.05, 0) is 30.7 Å². The Morgan fingerprint density at radius 3 is 2.53 bits per heavy atom. The smallest absolute Gasteiger partial charge is 0.224 e. The maximum absolute atomic E-state index is 5.83. The molecular formula is C13H14ClN3O2. The number of halogens is 1. The summed E-state index contributed by atoms with van der Waals surface area (Å²) in [5.41, 5.74) is 1.53. The number of nitrogens with zero attached hydrogens (tertiary/aromatic N) is 2. The van der Waals surface area contributed by atoms with E-state index in [2.05, 4.69) is 15.3 Å². The Morgan fingerprint density at radius 1 is 1.11 bits per heavy atom. The standard InChI is InChI=1S/C13H14ClN3O2/c1-8-6-12(17-13(14)15-8)16-10-7-9(18-2)4-5-11(10)19-3/h4-7H,1-3H3,(H,15,16,17). The second-order valence-corrected chi connectivity index (χ2v) is 4.19. The van der Waals surface area contributed by atoms with Gasteiger partial charge in [-0.15, -0.1) is 0 Å². The number of ether oxygens (including phenoxy) is 2. The molecule has 2 aromatic rings. The zero-order valence-electron chi connectivity index (χ0n) is 10.9. The van der Waals surface area contributed by atoms with E-state index in [1.165, 1.54) is 0 Å². The molecule has 0 amide bonds. The predicted octanol–water partition coefficient (Wildman–Crippen LogP) is 3.20. The van der Waals surface area contributed by atoms with E-state index in [-0.39, 0.29) is 5.28 Å². The van der Waals surface area contributed by atoms with Gasteiger partial charge in [-0.1, -0.05) is 0 Å². The Hall–Kier alpha value is -2.01. The van der Waals surface area contributed by atoms with Gasteiger partial charge in [0.05, 0.1) is 19.9 Å². The Labute approximate surface area is 116 Å². The Balaban J connectivity index is 2.35. The molecule has 0 radical (unpaired) electrons. The third kappa shape index (κ3) is 3.26. The van der Waals surface area contributed by atoms with Crippen molar-refractivity contribution in [1.82, 2.24) is 9.97 Å². The van der Waals surface area contributed by atoms with Gasteiger partial charge in [0.2, 0.25) is 5.28 Å². The lowest BCUT2D eigenvalue weighted by molar-refractivity contribution is 0.405. The van der Waals surface area contributed by atoms with Gasteiger partial charge in [0.1, 0.15) is 17.3 Å². The van der Waals surface area contributed by atoms with E-state index < -0.39 is 0 Å². The molecule has 0 saturated carbocycles. The Bertz CT molecular complexity index is 570. The number of anilines is 2. The molecule has 0 fully saturated rings. The molecule has 0 atom stereocenters. The van der Waals surface area contributed by atoms with Gasteiger partial charge in [-0.25, -0.2) is 9.97 Å². The van der Waals surface area contributed by atoms with Crippen LogP contribution >= 0.6 is 11.6 Å². The van der Waals surface area contributed by atoms with Crippen molar-refractivity contribution >= 4 is 23.1 Å². The lowest BCUT2D eigenvalue weighted by atomic mass is 10.2. The Morgan fingerprint density at radius 2 is 1.89 bits per heavy atom. The highest BCUT2D eigenvalue weighted by atomic mass is 35.5. The van der Waals surface area contributed by atoms with Crippen LogP contribution in [-0.2, 0) is 0 Å². The van der Waals surface area contributed by atoms with Crippen LogP contribution in [0, 0.1) is 6.92 Å².